The van der Waals surface area contributed by atoms with Crippen LogP contribution >= 0.6 is 11.6 Å². The molecule has 4 heteroatoms. The first-order valence-electron chi connectivity index (χ1n) is 5.33. The molecule has 2 nitrogen and oxygen atoms in total. The fraction of sp³-hybridized carbons (Fsp3) is 0.500. The SMILES string of the molecule is CCCOCC(O)Cc1cc(Cl)ccc1F. The predicted octanol–water partition coefficient (Wildman–Crippen LogP) is 2.81. The highest BCUT2D eigenvalue weighted by molar-refractivity contribution is 6.30. The minimum atomic E-state index is -0.695. The Morgan fingerprint density at radius 1 is 1.50 bits per heavy atom. The summed E-state index contributed by atoms with van der Waals surface area (Å²) in [4.78, 5) is 0. The second kappa shape index (κ2) is 6.84. The van der Waals surface area contributed by atoms with Gasteiger partial charge in [0.1, 0.15) is 5.82 Å². The average molecular weight is 247 g/mol. The molecule has 1 unspecified atom stereocenters. The van der Waals surface area contributed by atoms with E-state index in [2.05, 4.69) is 0 Å². The van der Waals surface area contributed by atoms with Gasteiger partial charge in [0.05, 0.1) is 12.7 Å². The second-order valence-corrected chi connectivity index (χ2v) is 4.11. The lowest BCUT2D eigenvalue weighted by Gasteiger charge is -2.11. The van der Waals surface area contributed by atoms with Gasteiger partial charge in [0, 0.05) is 18.1 Å². The number of aliphatic hydroxyl groups is 1. The Hall–Kier alpha value is -0.640. The number of rotatable bonds is 6. The van der Waals surface area contributed by atoms with E-state index in [-0.39, 0.29) is 18.8 Å². The summed E-state index contributed by atoms with van der Waals surface area (Å²) in [5, 5.41) is 10.1. The smallest absolute Gasteiger partial charge is 0.126 e. The molecule has 0 spiro atoms. The first kappa shape index (κ1) is 13.4. The Morgan fingerprint density at radius 2 is 2.25 bits per heavy atom. The van der Waals surface area contributed by atoms with Crippen LogP contribution in [0.2, 0.25) is 5.02 Å². The largest absolute Gasteiger partial charge is 0.390 e. The van der Waals surface area contributed by atoms with Crippen LogP contribution in [0.1, 0.15) is 18.9 Å². The van der Waals surface area contributed by atoms with Crippen molar-refractivity contribution < 1.29 is 14.2 Å². The van der Waals surface area contributed by atoms with Crippen LogP contribution in [0.15, 0.2) is 18.2 Å². The number of halogens is 2. The van der Waals surface area contributed by atoms with Crippen molar-refractivity contribution in [3.63, 3.8) is 0 Å². The molecule has 0 aliphatic rings. The maximum absolute atomic E-state index is 13.3. The van der Waals surface area contributed by atoms with Gasteiger partial charge in [0.25, 0.3) is 0 Å². The zero-order valence-corrected chi connectivity index (χ0v) is 10.0. The van der Waals surface area contributed by atoms with E-state index in [1.54, 1.807) is 0 Å². The minimum Gasteiger partial charge on any atom is -0.390 e. The van der Waals surface area contributed by atoms with Crippen molar-refractivity contribution in [2.24, 2.45) is 0 Å². The lowest BCUT2D eigenvalue weighted by atomic mass is 10.1. The van der Waals surface area contributed by atoms with Gasteiger partial charge in [-0.25, -0.2) is 4.39 Å². The summed E-state index contributed by atoms with van der Waals surface area (Å²) < 4.78 is 18.5. The summed E-state index contributed by atoms with van der Waals surface area (Å²) in [6.45, 7) is 2.82. The lowest BCUT2D eigenvalue weighted by molar-refractivity contribution is 0.0370. The molecule has 1 N–H and O–H groups in total. The lowest BCUT2D eigenvalue weighted by Crippen LogP contribution is -2.19. The number of hydrogen-bond acceptors (Lipinski definition) is 2. The van der Waals surface area contributed by atoms with E-state index >= 15 is 0 Å². The summed E-state index contributed by atoms with van der Waals surface area (Å²) in [6, 6.07) is 4.32. The van der Waals surface area contributed by atoms with Crippen molar-refractivity contribution in [2.45, 2.75) is 25.9 Å². The van der Waals surface area contributed by atoms with Gasteiger partial charge in [-0.05, 0) is 30.2 Å². The normalized spacial score (nSPS) is 12.8. The molecule has 16 heavy (non-hydrogen) atoms. The first-order valence-corrected chi connectivity index (χ1v) is 5.71. The molecule has 1 atom stereocenters. The van der Waals surface area contributed by atoms with Gasteiger partial charge in [0.15, 0.2) is 0 Å². The van der Waals surface area contributed by atoms with Gasteiger partial charge in [-0.15, -0.1) is 0 Å². The summed E-state index contributed by atoms with van der Waals surface area (Å²) in [5.74, 6) is -0.348. The van der Waals surface area contributed by atoms with Crippen molar-refractivity contribution in [1.82, 2.24) is 0 Å². The molecule has 1 aromatic rings. The second-order valence-electron chi connectivity index (χ2n) is 3.67. The molecular formula is C12H16ClFO2. The molecule has 0 saturated carbocycles. The van der Waals surface area contributed by atoms with E-state index in [0.717, 1.165) is 6.42 Å². The topological polar surface area (TPSA) is 29.5 Å². The molecule has 0 aliphatic heterocycles. The van der Waals surface area contributed by atoms with Crippen LogP contribution in [0.3, 0.4) is 0 Å². The maximum Gasteiger partial charge on any atom is 0.126 e. The molecular weight excluding hydrogens is 231 g/mol. The van der Waals surface area contributed by atoms with Gasteiger partial charge in [0.2, 0.25) is 0 Å². The number of ether oxygens (including phenoxy) is 1. The van der Waals surface area contributed by atoms with Gasteiger partial charge < -0.3 is 9.84 Å². The van der Waals surface area contributed by atoms with Crippen LogP contribution < -0.4 is 0 Å². The molecule has 0 fully saturated rings. The Bertz CT molecular complexity index is 331. The fourth-order valence-corrected chi connectivity index (χ4v) is 1.57. The Kier molecular flexibility index (Phi) is 5.74. The highest BCUT2D eigenvalue weighted by atomic mass is 35.5. The number of aliphatic hydroxyl groups excluding tert-OH is 1. The molecule has 0 aromatic heterocycles. The first-order chi connectivity index (χ1) is 7.63. The molecule has 0 amide bonds. The Labute approximate surface area is 100.0 Å². The van der Waals surface area contributed by atoms with Gasteiger partial charge >= 0.3 is 0 Å². The van der Waals surface area contributed by atoms with E-state index in [4.69, 9.17) is 16.3 Å². The fourth-order valence-electron chi connectivity index (χ4n) is 1.38. The van der Waals surface area contributed by atoms with E-state index in [0.29, 0.717) is 17.2 Å². The molecule has 0 aliphatic carbocycles. The van der Waals surface area contributed by atoms with E-state index in [1.807, 2.05) is 6.92 Å². The maximum atomic E-state index is 13.3. The van der Waals surface area contributed by atoms with Crippen LogP contribution in [0.4, 0.5) is 4.39 Å². The molecule has 1 aromatic carbocycles. The standard InChI is InChI=1S/C12H16ClFO2/c1-2-5-16-8-11(15)7-9-6-10(13)3-4-12(9)14/h3-4,6,11,15H,2,5,7-8H2,1H3. The monoisotopic (exact) mass is 246 g/mol. The summed E-state index contributed by atoms with van der Waals surface area (Å²) >= 11 is 5.75. The van der Waals surface area contributed by atoms with E-state index in [9.17, 15) is 9.50 Å². The number of hydrogen-bond donors (Lipinski definition) is 1. The molecule has 0 radical (unpaired) electrons. The summed E-state index contributed by atoms with van der Waals surface area (Å²) in [6.07, 6.45) is 0.425. The molecule has 0 heterocycles. The molecule has 0 bridgehead atoms. The quantitative estimate of drug-likeness (QED) is 0.783. The average Bonchev–Trinajstić information content (AvgIpc) is 2.24. The van der Waals surface area contributed by atoms with Crippen LogP contribution in [0.5, 0.6) is 0 Å². The third kappa shape index (κ3) is 4.47. The van der Waals surface area contributed by atoms with Crippen molar-refractivity contribution in [2.75, 3.05) is 13.2 Å². The zero-order valence-electron chi connectivity index (χ0n) is 9.25. The zero-order chi connectivity index (χ0) is 12.0. The van der Waals surface area contributed by atoms with Crippen molar-refractivity contribution in [1.29, 1.82) is 0 Å². The van der Waals surface area contributed by atoms with Crippen LogP contribution in [0.25, 0.3) is 0 Å². The number of benzene rings is 1. The van der Waals surface area contributed by atoms with Crippen molar-refractivity contribution in [3.05, 3.63) is 34.6 Å². The Balaban J connectivity index is 2.48. The highest BCUT2D eigenvalue weighted by Gasteiger charge is 2.10. The van der Waals surface area contributed by atoms with Gasteiger partial charge in [-0.2, -0.15) is 0 Å². The van der Waals surface area contributed by atoms with Gasteiger partial charge in [-0.1, -0.05) is 18.5 Å². The van der Waals surface area contributed by atoms with Crippen molar-refractivity contribution in [3.8, 4) is 0 Å². The predicted molar refractivity (Wildman–Crippen MR) is 62.2 cm³/mol. The molecule has 1 rings (SSSR count). The third-order valence-electron chi connectivity index (χ3n) is 2.12. The molecule has 90 valence electrons. The summed E-state index contributed by atoms with van der Waals surface area (Å²) in [5.41, 5.74) is 0.417. The van der Waals surface area contributed by atoms with E-state index < -0.39 is 6.10 Å². The van der Waals surface area contributed by atoms with E-state index in [1.165, 1.54) is 18.2 Å². The van der Waals surface area contributed by atoms with Crippen LogP contribution in [-0.4, -0.2) is 24.4 Å². The highest BCUT2D eigenvalue weighted by Crippen LogP contribution is 2.16. The van der Waals surface area contributed by atoms with Crippen molar-refractivity contribution >= 4 is 11.6 Å². The Morgan fingerprint density at radius 3 is 2.94 bits per heavy atom. The molecule has 0 saturated heterocycles. The third-order valence-corrected chi connectivity index (χ3v) is 2.36. The van der Waals surface area contributed by atoms with Crippen LogP contribution in [0, 0.1) is 5.82 Å². The minimum absolute atomic E-state index is 0.218. The van der Waals surface area contributed by atoms with Crippen LogP contribution in [-0.2, 0) is 11.2 Å². The van der Waals surface area contributed by atoms with Gasteiger partial charge in [-0.3, -0.25) is 0 Å². The summed E-state index contributed by atoms with van der Waals surface area (Å²) in [7, 11) is 0.